The van der Waals surface area contributed by atoms with Crippen LogP contribution < -0.4 is 10.1 Å². The molecule has 0 fully saturated rings. The molecular weight excluding hydrogens is 337 g/mol. The van der Waals surface area contributed by atoms with E-state index in [0.29, 0.717) is 21.9 Å². The highest BCUT2D eigenvalue weighted by Crippen LogP contribution is 2.20. The van der Waals surface area contributed by atoms with Crippen molar-refractivity contribution in [2.24, 2.45) is 0 Å². The molecule has 0 spiro atoms. The Morgan fingerprint density at radius 3 is 2.54 bits per heavy atom. The molecule has 0 atom stereocenters. The van der Waals surface area contributed by atoms with Crippen LogP contribution in [0.25, 0.3) is 0 Å². The first kappa shape index (κ1) is 17.7. The van der Waals surface area contributed by atoms with Gasteiger partial charge in [-0.15, -0.1) is 0 Å². The summed E-state index contributed by atoms with van der Waals surface area (Å²) in [6.45, 7) is -0.463. The van der Waals surface area contributed by atoms with Crippen molar-refractivity contribution in [3.05, 3.63) is 64.4 Å². The van der Waals surface area contributed by atoms with Crippen molar-refractivity contribution >= 4 is 23.5 Å². The van der Waals surface area contributed by atoms with E-state index in [2.05, 4.69) is 5.32 Å². The Hall–Kier alpha value is -2.60. The van der Waals surface area contributed by atoms with E-state index in [9.17, 15) is 14.0 Å². The molecule has 2 aromatic rings. The number of ether oxygens (including phenoxy) is 2. The number of rotatable bonds is 6. The molecule has 0 saturated carbocycles. The zero-order valence-electron chi connectivity index (χ0n) is 12.8. The highest BCUT2D eigenvalue weighted by molar-refractivity contribution is 6.30. The Kier molecular flexibility index (Phi) is 6.14. The number of amides is 1. The second kappa shape index (κ2) is 8.31. The quantitative estimate of drug-likeness (QED) is 0.813. The largest absolute Gasteiger partial charge is 0.496 e. The third-order valence-electron chi connectivity index (χ3n) is 3.13. The average molecular weight is 352 g/mol. The third kappa shape index (κ3) is 4.96. The van der Waals surface area contributed by atoms with E-state index in [1.54, 1.807) is 24.3 Å². The highest BCUT2D eigenvalue weighted by Gasteiger charge is 2.11. The van der Waals surface area contributed by atoms with Crippen molar-refractivity contribution in [2.45, 2.75) is 6.61 Å². The van der Waals surface area contributed by atoms with E-state index in [1.807, 2.05) is 0 Å². The van der Waals surface area contributed by atoms with Crippen molar-refractivity contribution in [3.8, 4) is 5.75 Å². The van der Waals surface area contributed by atoms with Crippen molar-refractivity contribution in [1.82, 2.24) is 5.32 Å². The van der Waals surface area contributed by atoms with Crippen LogP contribution in [0, 0.1) is 5.82 Å². The van der Waals surface area contributed by atoms with E-state index in [0.717, 1.165) is 0 Å². The summed E-state index contributed by atoms with van der Waals surface area (Å²) in [7, 11) is 1.44. The van der Waals surface area contributed by atoms with Gasteiger partial charge in [0.25, 0.3) is 5.91 Å². The third-order valence-corrected chi connectivity index (χ3v) is 3.38. The minimum atomic E-state index is -0.649. The molecule has 0 heterocycles. The van der Waals surface area contributed by atoms with E-state index in [4.69, 9.17) is 21.1 Å². The predicted octanol–water partition coefficient (Wildman–Crippen LogP) is 2.96. The van der Waals surface area contributed by atoms with Crippen LogP contribution >= 0.6 is 11.6 Å². The molecule has 0 aromatic heterocycles. The normalized spacial score (nSPS) is 10.1. The maximum Gasteiger partial charge on any atom is 0.325 e. The number of hydrogen-bond acceptors (Lipinski definition) is 4. The summed E-state index contributed by atoms with van der Waals surface area (Å²) in [4.78, 5) is 23.5. The van der Waals surface area contributed by atoms with Crippen molar-refractivity contribution in [3.63, 3.8) is 0 Å². The second-order valence-electron chi connectivity index (χ2n) is 4.81. The van der Waals surface area contributed by atoms with Gasteiger partial charge in [0.15, 0.2) is 0 Å². The lowest BCUT2D eigenvalue weighted by molar-refractivity contribution is -0.143. The fourth-order valence-electron chi connectivity index (χ4n) is 1.93. The molecule has 0 unspecified atom stereocenters. The summed E-state index contributed by atoms with van der Waals surface area (Å²) >= 11 is 5.74. The van der Waals surface area contributed by atoms with E-state index >= 15 is 0 Å². The van der Waals surface area contributed by atoms with Crippen LogP contribution in [0.4, 0.5) is 4.39 Å². The fourth-order valence-corrected chi connectivity index (χ4v) is 2.05. The molecule has 0 aliphatic rings. The van der Waals surface area contributed by atoms with Crippen LogP contribution in [-0.4, -0.2) is 25.5 Å². The molecule has 0 radical (unpaired) electrons. The second-order valence-corrected chi connectivity index (χ2v) is 5.24. The molecule has 0 aliphatic heterocycles. The van der Waals surface area contributed by atoms with Gasteiger partial charge in [0.1, 0.15) is 24.7 Å². The summed E-state index contributed by atoms with van der Waals surface area (Å²) < 4.78 is 23.3. The van der Waals surface area contributed by atoms with Gasteiger partial charge in [-0.25, -0.2) is 4.39 Å². The lowest BCUT2D eigenvalue weighted by Crippen LogP contribution is -2.30. The summed E-state index contributed by atoms with van der Waals surface area (Å²) in [5.41, 5.74) is 0.772. The topological polar surface area (TPSA) is 64.6 Å². The van der Waals surface area contributed by atoms with Crippen LogP contribution in [-0.2, 0) is 16.1 Å². The van der Waals surface area contributed by atoms with Gasteiger partial charge in [-0.3, -0.25) is 9.59 Å². The number of nitrogens with one attached hydrogen (secondary N) is 1. The van der Waals surface area contributed by atoms with Gasteiger partial charge in [0.2, 0.25) is 0 Å². The number of benzene rings is 2. The number of hydrogen-bond donors (Lipinski definition) is 1. The maximum absolute atomic E-state index is 13.2. The molecule has 0 aliphatic carbocycles. The zero-order valence-corrected chi connectivity index (χ0v) is 13.6. The monoisotopic (exact) mass is 351 g/mol. The van der Waals surface area contributed by atoms with Crippen LogP contribution in [0.1, 0.15) is 15.9 Å². The van der Waals surface area contributed by atoms with E-state index < -0.39 is 17.7 Å². The first-order valence-electron chi connectivity index (χ1n) is 7.01. The maximum atomic E-state index is 13.2. The summed E-state index contributed by atoms with van der Waals surface area (Å²) in [6.07, 6.45) is 0. The van der Waals surface area contributed by atoms with Crippen LogP contribution in [0.5, 0.6) is 5.75 Å². The van der Waals surface area contributed by atoms with Gasteiger partial charge in [0.05, 0.1) is 7.11 Å². The van der Waals surface area contributed by atoms with Gasteiger partial charge in [-0.1, -0.05) is 11.6 Å². The summed E-state index contributed by atoms with van der Waals surface area (Å²) in [5, 5.41) is 2.94. The smallest absolute Gasteiger partial charge is 0.325 e. The van der Waals surface area contributed by atoms with Gasteiger partial charge in [-0.2, -0.15) is 0 Å². The number of carbonyl (C=O) groups excluding carboxylic acids is 2. The van der Waals surface area contributed by atoms with Crippen LogP contribution in [0.3, 0.4) is 0 Å². The molecule has 126 valence electrons. The number of esters is 1. The Balaban J connectivity index is 1.84. The first-order valence-corrected chi connectivity index (χ1v) is 7.39. The van der Waals surface area contributed by atoms with Gasteiger partial charge in [0, 0.05) is 16.1 Å². The Labute approximate surface area is 143 Å². The Bertz CT molecular complexity index is 734. The molecule has 0 saturated heterocycles. The number of methoxy groups -OCH3 is 1. The van der Waals surface area contributed by atoms with Gasteiger partial charge < -0.3 is 14.8 Å². The molecule has 2 aromatic carbocycles. The average Bonchev–Trinajstić information content (AvgIpc) is 2.58. The lowest BCUT2D eigenvalue weighted by Gasteiger charge is -2.10. The minimum absolute atomic E-state index is 0.156. The van der Waals surface area contributed by atoms with Crippen molar-refractivity contribution < 1.29 is 23.5 Å². The SMILES string of the molecule is COc1ccc(F)cc1COC(=O)CNC(=O)c1ccc(Cl)cc1. The van der Waals surface area contributed by atoms with Gasteiger partial charge >= 0.3 is 5.97 Å². The molecule has 2 rings (SSSR count). The number of carbonyl (C=O) groups is 2. The van der Waals surface area contributed by atoms with Crippen LogP contribution in [0.2, 0.25) is 5.02 Å². The molecule has 24 heavy (non-hydrogen) atoms. The van der Waals surface area contributed by atoms with E-state index in [1.165, 1.54) is 25.3 Å². The predicted molar refractivity (Wildman–Crippen MR) is 86.5 cm³/mol. The molecule has 5 nitrogen and oxygen atoms in total. The Morgan fingerprint density at radius 2 is 1.88 bits per heavy atom. The van der Waals surface area contributed by atoms with Gasteiger partial charge in [-0.05, 0) is 42.5 Å². The number of halogens is 2. The molecule has 0 bridgehead atoms. The van der Waals surface area contributed by atoms with Crippen molar-refractivity contribution in [2.75, 3.05) is 13.7 Å². The molecule has 7 heteroatoms. The highest BCUT2D eigenvalue weighted by atomic mass is 35.5. The summed E-state index contributed by atoms with van der Waals surface area (Å²) in [5.74, 6) is -1.12. The van der Waals surface area contributed by atoms with E-state index in [-0.39, 0.29) is 13.2 Å². The van der Waals surface area contributed by atoms with Crippen molar-refractivity contribution in [1.29, 1.82) is 0 Å². The standard InChI is InChI=1S/C17H15ClFNO4/c1-23-15-7-6-14(19)8-12(15)10-24-16(21)9-20-17(22)11-2-4-13(18)5-3-11/h2-8H,9-10H2,1H3,(H,20,22). The Morgan fingerprint density at radius 1 is 1.17 bits per heavy atom. The summed E-state index contributed by atoms with van der Waals surface area (Å²) in [6, 6.07) is 10.1. The molecule has 1 N–H and O–H groups in total. The van der Waals surface area contributed by atoms with Crippen LogP contribution in [0.15, 0.2) is 42.5 Å². The zero-order chi connectivity index (χ0) is 17.5. The lowest BCUT2D eigenvalue weighted by atomic mass is 10.2. The minimum Gasteiger partial charge on any atom is -0.496 e. The first-order chi connectivity index (χ1) is 11.5. The molecule has 1 amide bonds. The molecular formula is C17H15ClFNO4. The fraction of sp³-hybridized carbons (Fsp3) is 0.176.